The van der Waals surface area contributed by atoms with Gasteiger partial charge in [0.05, 0.1) is 0 Å². The molecule has 2 heterocycles. The first-order valence-electron chi connectivity index (χ1n) is 5.58. The second-order valence-corrected chi connectivity index (χ2v) is 4.10. The van der Waals surface area contributed by atoms with Crippen LogP contribution in [0, 0.1) is 0 Å². The van der Waals surface area contributed by atoms with Gasteiger partial charge < -0.3 is 15.1 Å². The molecule has 2 fully saturated rings. The molecule has 1 N–H and O–H groups in total. The molecule has 0 aromatic carbocycles. The van der Waals surface area contributed by atoms with Crippen molar-refractivity contribution in [2.75, 3.05) is 32.7 Å². The third-order valence-electron chi connectivity index (χ3n) is 2.91. The molecule has 5 heteroatoms. The Morgan fingerprint density at radius 1 is 1.07 bits per heavy atom. The van der Waals surface area contributed by atoms with E-state index in [1.165, 1.54) is 0 Å². The summed E-state index contributed by atoms with van der Waals surface area (Å²) in [5.41, 5.74) is 0. The van der Waals surface area contributed by atoms with Crippen molar-refractivity contribution < 1.29 is 9.59 Å². The van der Waals surface area contributed by atoms with Gasteiger partial charge in [-0.2, -0.15) is 0 Å². The van der Waals surface area contributed by atoms with Crippen molar-refractivity contribution in [1.82, 2.24) is 15.1 Å². The Morgan fingerprint density at radius 2 is 1.73 bits per heavy atom. The van der Waals surface area contributed by atoms with Crippen LogP contribution in [0.15, 0.2) is 0 Å². The number of hydrogen-bond acceptors (Lipinski definition) is 2. The molecule has 2 aliphatic rings. The summed E-state index contributed by atoms with van der Waals surface area (Å²) in [6.07, 6.45) is 3.03. The molecular weight excluding hydrogens is 194 g/mol. The Kier molecular flexibility index (Phi) is 3.08. The van der Waals surface area contributed by atoms with E-state index in [0.717, 1.165) is 32.4 Å². The van der Waals surface area contributed by atoms with E-state index in [9.17, 15) is 9.59 Å². The molecule has 2 rings (SSSR count). The first kappa shape index (κ1) is 10.3. The van der Waals surface area contributed by atoms with Crippen molar-refractivity contribution in [2.24, 2.45) is 0 Å². The number of likely N-dealkylation sites (tertiary alicyclic amines) is 1. The number of hydrogen-bond donors (Lipinski definition) is 1. The van der Waals surface area contributed by atoms with Crippen LogP contribution in [0.3, 0.4) is 0 Å². The number of carbonyl (C=O) groups excluding carboxylic acids is 2. The minimum atomic E-state index is -0.0416. The molecule has 0 bridgehead atoms. The van der Waals surface area contributed by atoms with E-state index in [0.29, 0.717) is 13.1 Å². The van der Waals surface area contributed by atoms with E-state index >= 15 is 0 Å². The van der Waals surface area contributed by atoms with Gasteiger partial charge in [0.2, 0.25) is 5.91 Å². The Bertz CT molecular complexity index is 261. The van der Waals surface area contributed by atoms with Gasteiger partial charge in [-0.1, -0.05) is 0 Å². The van der Waals surface area contributed by atoms with Gasteiger partial charge in [-0.15, -0.1) is 0 Å². The summed E-state index contributed by atoms with van der Waals surface area (Å²) in [7, 11) is 0. The predicted octanol–water partition coefficient (Wildman–Crippen LogP) is 0.0241. The number of urea groups is 1. The van der Waals surface area contributed by atoms with E-state index < -0.39 is 0 Å². The van der Waals surface area contributed by atoms with Crippen molar-refractivity contribution in [3.8, 4) is 0 Å². The first-order valence-corrected chi connectivity index (χ1v) is 5.58. The lowest BCUT2D eigenvalue weighted by molar-refractivity contribution is -0.121. The highest BCUT2D eigenvalue weighted by atomic mass is 16.2. The summed E-state index contributed by atoms with van der Waals surface area (Å²) in [6, 6.07) is 0.0320. The summed E-state index contributed by atoms with van der Waals surface area (Å²) in [4.78, 5) is 26.8. The number of amides is 3. The summed E-state index contributed by atoms with van der Waals surface area (Å²) in [5.74, 6) is -0.0416. The van der Waals surface area contributed by atoms with Crippen LogP contribution in [-0.4, -0.2) is 54.5 Å². The van der Waals surface area contributed by atoms with E-state index in [4.69, 9.17) is 0 Å². The summed E-state index contributed by atoms with van der Waals surface area (Å²) in [6.45, 7) is 3.28. The summed E-state index contributed by atoms with van der Waals surface area (Å²) in [5, 5.41) is 2.77. The van der Waals surface area contributed by atoms with Gasteiger partial charge in [0.1, 0.15) is 6.54 Å². The minimum absolute atomic E-state index is 0.0320. The highest BCUT2D eigenvalue weighted by molar-refractivity contribution is 5.84. The largest absolute Gasteiger partial charge is 0.354 e. The third kappa shape index (κ3) is 2.40. The maximum atomic E-state index is 12.0. The first-order chi connectivity index (χ1) is 7.27. The molecule has 3 amide bonds. The fourth-order valence-electron chi connectivity index (χ4n) is 2.08. The minimum Gasteiger partial charge on any atom is -0.354 e. The molecule has 5 nitrogen and oxygen atoms in total. The van der Waals surface area contributed by atoms with E-state index in [1.807, 2.05) is 4.90 Å². The zero-order valence-corrected chi connectivity index (χ0v) is 8.87. The van der Waals surface area contributed by atoms with Crippen LogP contribution in [0.4, 0.5) is 4.79 Å². The average Bonchev–Trinajstić information content (AvgIpc) is 2.67. The lowest BCUT2D eigenvalue weighted by atomic mass is 10.4. The fourth-order valence-corrected chi connectivity index (χ4v) is 2.08. The van der Waals surface area contributed by atoms with Crippen LogP contribution in [0.2, 0.25) is 0 Å². The quantitative estimate of drug-likeness (QED) is 0.614. The van der Waals surface area contributed by atoms with Crippen molar-refractivity contribution in [3.05, 3.63) is 0 Å². The van der Waals surface area contributed by atoms with Crippen molar-refractivity contribution >= 4 is 11.9 Å². The van der Waals surface area contributed by atoms with Crippen LogP contribution < -0.4 is 5.32 Å². The van der Waals surface area contributed by atoms with Crippen LogP contribution in [0.1, 0.15) is 19.3 Å². The SMILES string of the molecule is O=C1CN(C(=O)N2CCCC2)CCCN1. The molecule has 2 saturated heterocycles. The predicted molar refractivity (Wildman–Crippen MR) is 55.4 cm³/mol. The Morgan fingerprint density at radius 3 is 2.47 bits per heavy atom. The smallest absolute Gasteiger partial charge is 0.320 e. The maximum Gasteiger partial charge on any atom is 0.320 e. The molecule has 0 aromatic rings. The summed E-state index contributed by atoms with van der Waals surface area (Å²) < 4.78 is 0. The molecule has 0 atom stereocenters. The van der Waals surface area contributed by atoms with Crippen LogP contribution >= 0.6 is 0 Å². The average molecular weight is 211 g/mol. The van der Waals surface area contributed by atoms with Gasteiger partial charge in [0.15, 0.2) is 0 Å². The molecule has 0 saturated carbocycles. The molecule has 0 spiro atoms. The van der Waals surface area contributed by atoms with Gasteiger partial charge in [-0.3, -0.25) is 4.79 Å². The normalized spacial score (nSPS) is 22.5. The van der Waals surface area contributed by atoms with E-state index in [-0.39, 0.29) is 18.5 Å². The van der Waals surface area contributed by atoms with Gasteiger partial charge in [-0.05, 0) is 19.3 Å². The molecule has 0 aliphatic carbocycles. The second-order valence-electron chi connectivity index (χ2n) is 4.10. The lowest BCUT2D eigenvalue weighted by Gasteiger charge is -2.25. The number of nitrogens with one attached hydrogen (secondary N) is 1. The molecule has 0 aromatic heterocycles. The van der Waals surface area contributed by atoms with E-state index in [1.54, 1.807) is 4.90 Å². The van der Waals surface area contributed by atoms with E-state index in [2.05, 4.69) is 5.32 Å². The van der Waals surface area contributed by atoms with Gasteiger partial charge >= 0.3 is 6.03 Å². The van der Waals surface area contributed by atoms with Crippen molar-refractivity contribution in [1.29, 1.82) is 0 Å². The number of rotatable bonds is 0. The Labute approximate surface area is 89.4 Å². The third-order valence-corrected chi connectivity index (χ3v) is 2.91. The van der Waals surface area contributed by atoms with Gasteiger partial charge in [-0.25, -0.2) is 4.79 Å². The topological polar surface area (TPSA) is 52.7 Å². The van der Waals surface area contributed by atoms with Crippen molar-refractivity contribution in [3.63, 3.8) is 0 Å². The molecule has 15 heavy (non-hydrogen) atoms. The monoisotopic (exact) mass is 211 g/mol. The zero-order chi connectivity index (χ0) is 10.7. The molecule has 0 unspecified atom stereocenters. The highest BCUT2D eigenvalue weighted by Gasteiger charge is 2.25. The lowest BCUT2D eigenvalue weighted by Crippen LogP contribution is -2.44. The van der Waals surface area contributed by atoms with Crippen LogP contribution in [-0.2, 0) is 4.79 Å². The Balaban J connectivity index is 1.95. The van der Waals surface area contributed by atoms with Crippen LogP contribution in [0.5, 0.6) is 0 Å². The molecular formula is C10H17N3O2. The van der Waals surface area contributed by atoms with Gasteiger partial charge in [0.25, 0.3) is 0 Å². The Hall–Kier alpha value is -1.26. The zero-order valence-electron chi connectivity index (χ0n) is 8.87. The van der Waals surface area contributed by atoms with Gasteiger partial charge in [0, 0.05) is 26.2 Å². The standard InChI is InChI=1S/C10H17N3O2/c14-9-8-13(7-3-4-11-9)10(15)12-5-1-2-6-12/h1-8H2,(H,11,14). The second kappa shape index (κ2) is 4.51. The maximum absolute atomic E-state index is 12.0. The highest BCUT2D eigenvalue weighted by Crippen LogP contribution is 2.11. The van der Waals surface area contributed by atoms with Crippen molar-refractivity contribution in [2.45, 2.75) is 19.3 Å². The molecule has 0 radical (unpaired) electrons. The molecule has 84 valence electrons. The molecule has 2 aliphatic heterocycles. The van der Waals surface area contributed by atoms with Crippen LogP contribution in [0.25, 0.3) is 0 Å². The number of nitrogens with zero attached hydrogens (tertiary/aromatic N) is 2. The number of carbonyl (C=O) groups is 2. The summed E-state index contributed by atoms with van der Waals surface area (Å²) >= 11 is 0. The fraction of sp³-hybridized carbons (Fsp3) is 0.800.